The molecule has 16 heavy (non-hydrogen) atoms. The summed E-state index contributed by atoms with van der Waals surface area (Å²) in [5.74, 6) is -0.670. The molecule has 2 aliphatic heterocycles. The van der Waals surface area contributed by atoms with Gasteiger partial charge in [0.05, 0.1) is 0 Å². The number of rotatable bonds is 3. The number of aliphatic hydroxyl groups excluding tert-OH is 1. The summed E-state index contributed by atoms with van der Waals surface area (Å²) in [4.78, 5) is 0. The lowest BCUT2D eigenvalue weighted by Crippen LogP contribution is -2.41. The SMILES string of the molecule is C=C[C@H](O)[C@H]1O[C@@H]2OC(C)(C)O[C@@H]2[C@H]1OC. The standard InChI is InChI=1S/C11H18O5/c1-5-6(12)7-8(13-4)9-10(14-7)16-11(2,3)15-9/h5-10,12H,1H2,2-4H3/t6-,7+,8-,9+,10+/m0/s1. The Morgan fingerprint density at radius 3 is 2.69 bits per heavy atom. The van der Waals surface area contributed by atoms with Gasteiger partial charge in [0.2, 0.25) is 0 Å². The fourth-order valence-electron chi connectivity index (χ4n) is 2.18. The first-order valence-electron chi connectivity index (χ1n) is 5.33. The van der Waals surface area contributed by atoms with Crippen LogP contribution < -0.4 is 0 Å². The first-order chi connectivity index (χ1) is 7.48. The number of ether oxygens (including phenoxy) is 4. The molecule has 0 saturated carbocycles. The van der Waals surface area contributed by atoms with Crippen LogP contribution in [0.15, 0.2) is 12.7 Å². The van der Waals surface area contributed by atoms with Gasteiger partial charge in [-0.3, -0.25) is 0 Å². The van der Waals surface area contributed by atoms with Crippen molar-refractivity contribution >= 4 is 0 Å². The molecule has 1 N–H and O–H groups in total. The zero-order chi connectivity index (χ0) is 11.9. The van der Waals surface area contributed by atoms with Gasteiger partial charge in [-0.05, 0) is 13.8 Å². The fraction of sp³-hybridized carbons (Fsp3) is 0.818. The van der Waals surface area contributed by atoms with Crippen molar-refractivity contribution in [1.29, 1.82) is 0 Å². The summed E-state index contributed by atoms with van der Waals surface area (Å²) in [6.45, 7) is 7.17. The molecule has 2 rings (SSSR count). The van der Waals surface area contributed by atoms with Crippen molar-refractivity contribution in [3.05, 3.63) is 12.7 Å². The summed E-state index contributed by atoms with van der Waals surface area (Å²) in [5.41, 5.74) is 0. The summed E-state index contributed by atoms with van der Waals surface area (Å²) in [6, 6.07) is 0. The van der Waals surface area contributed by atoms with Gasteiger partial charge >= 0.3 is 0 Å². The number of fused-ring (bicyclic) bond motifs is 1. The third kappa shape index (κ3) is 1.89. The molecule has 0 aliphatic carbocycles. The van der Waals surface area contributed by atoms with Crippen LogP contribution in [0.5, 0.6) is 0 Å². The topological polar surface area (TPSA) is 57.2 Å². The fourth-order valence-corrected chi connectivity index (χ4v) is 2.18. The molecule has 2 fully saturated rings. The highest BCUT2D eigenvalue weighted by Gasteiger charge is 2.56. The number of hydrogen-bond donors (Lipinski definition) is 1. The van der Waals surface area contributed by atoms with Gasteiger partial charge in [-0.1, -0.05) is 6.08 Å². The first-order valence-corrected chi connectivity index (χ1v) is 5.33. The predicted octanol–water partition coefficient (Wildman–Crippen LogP) is 0.425. The lowest BCUT2D eigenvalue weighted by atomic mass is 10.1. The van der Waals surface area contributed by atoms with Gasteiger partial charge in [0.25, 0.3) is 0 Å². The molecule has 92 valence electrons. The molecule has 0 aromatic carbocycles. The first kappa shape index (κ1) is 12.0. The Labute approximate surface area is 94.9 Å². The van der Waals surface area contributed by atoms with Crippen molar-refractivity contribution in [2.75, 3.05) is 7.11 Å². The van der Waals surface area contributed by atoms with Crippen molar-refractivity contribution in [2.24, 2.45) is 0 Å². The number of hydrogen-bond acceptors (Lipinski definition) is 5. The summed E-state index contributed by atoms with van der Waals surface area (Å²) in [6.07, 6.45) is -0.999. The molecule has 0 radical (unpaired) electrons. The zero-order valence-corrected chi connectivity index (χ0v) is 9.75. The lowest BCUT2D eigenvalue weighted by molar-refractivity contribution is -0.224. The van der Waals surface area contributed by atoms with E-state index in [1.54, 1.807) is 7.11 Å². The van der Waals surface area contributed by atoms with E-state index in [9.17, 15) is 5.11 Å². The average molecular weight is 230 g/mol. The Kier molecular flexibility index (Phi) is 3.07. The molecule has 0 aromatic heterocycles. The smallest absolute Gasteiger partial charge is 0.190 e. The molecule has 0 spiro atoms. The van der Waals surface area contributed by atoms with E-state index in [1.807, 2.05) is 13.8 Å². The second kappa shape index (κ2) is 4.09. The molecule has 0 bridgehead atoms. The summed E-state index contributed by atoms with van der Waals surface area (Å²) in [7, 11) is 1.56. The van der Waals surface area contributed by atoms with Gasteiger partial charge in [-0.15, -0.1) is 6.58 Å². The minimum absolute atomic E-state index is 0.306. The van der Waals surface area contributed by atoms with Gasteiger partial charge in [0, 0.05) is 7.11 Å². The predicted molar refractivity (Wildman–Crippen MR) is 55.7 cm³/mol. The van der Waals surface area contributed by atoms with Gasteiger partial charge in [0.1, 0.15) is 24.4 Å². The normalized spacial score (nSPS) is 43.0. The van der Waals surface area contributed by atoms with Crippen LogP contribution in [-0.4, -0.2) is 48.7 Å². The minimum Gasteiger partial charge on any atom is -0.386 e. The molecule has 5 heteroatoms. The van der Waals surface area contributed by atoms with Crippen LogP contribution in [0.1, 0.15) is 13.8 Å². The van der Waals surface area contributed by atoms with E-state index in [0.717, 1.165) is 0 Å². The Bertz CT molecular complexity index is 278. The molecule has 2 saturated heterocycles. The summed E-state index contributed by atoms with van der Waals surface area (Å²) < 4.78 is 22.1. The molecule has 5 atom stereocenters. The van der Waals surface area contributed by atoms with Crippen LogP contribution in [0, 0.1) is 0 Å². The van der Waals surface area contributed by atoms with Gasteiger partial charge in [0.15, 0.2) is 12.1 Å². The van der Waals surface area contributed by atoms with E-state index in [1.165, 1.54) is 6.08 Å². The average Bonchev–Trinajstić information content (AvgIpc) is 2.68. The Morgan fingerprint density at radius 2 is 2.12 bits per heavy atom. The molecule has 0 amide bonds. The molecule has 0 aromatic rings. The van der Waals surface area contributed by atoms with Gasteiger partial charge < -0.3 is 24.1 Å². The van der Waals surface area contributed by atoms with E-state index in [0.29, 0.717) is 0 Å². The summed E-state index contributed by atoms with van der Waals surface area (Å²) in [5, 5.41) is 9.71. The van der Waals surface area contributed by atoms with Crippen LogP contribution in [0.4, 0.5) is 0 Å². The van der Waals surface area contributed by atoms with Crippen LogP contribution >= 0.6 is 0 Å². The Hall–Kier alpha value is -0.460. The highest BCUT2D eigenvalue weighted by molar-refractivity contribution is 5.00. The second-order valence-electron chi connectivity index (χ2n) is 4.50. The van der Waals surface area contributed by atoms with Crippen molar-refractivity contribution in [2.45, 2.75) is 50.3 Å². The van der Waals surface area contributed by atoms with E-state index >= 15 is 0 Å². The Morgan fingerprint density at radius 1 is 1.44 bits per heavy atom. The number of methoxy groups -OCH3 is 1. The van der Waals surface area contributed by atoms with Crippen LogP contribution in [0.2, 0.25) is 0 Å². The van der Waals surface area contributed by atoms with Crippen LogP contribution in [0.25, 0.3) is 0 Å². The van der Waals surface area contributed by atoms with Crippen molar-refractivity contribution in [3.8, 4) is 0 Å². The minimum atomic E-state index is -0.786. The van der Waals surface area contributed by atoms with E-state index in [4.69, 9.17) is 18.9 Å². The van der Waals surface area contributed by atoms with Crippen LogP contribution in [0.3, 0.4) is 0 Å². The lowest BCUT2D eigenvalue weighted by Gasteiger charge is -2.26. The monoisotopic (exact) mass is 230 g/mol. The van der Waals surface area contributed by atoms with E-state index in [-0.39, 0.29) is 12.2 Å². The molecule has 2 heterocycles. The molecule has 2 aliphatic rings. The van der Waals surface area contributed by atoms with Crippen molar-refractivity contribution in [1.82, 2.24) is 0 Å². The maximum absolute atomic E-state index is 9.71. The maximum atomic E-state index is 9.71. The summed E-state index contributed by atoms with van der Waals surface area (Å²) >= 11 is 0. The second-order valence-corrected chi connectivity index (χ2v) is 4.50. The Balaban J connectivity index is 2.12. The molecule has 0 unspecified atom stereocenters. The van der Waals surface area contributed by atoms with Crippen molar-refractivity contribution < 1.29 is 24.1 Å². The molecular formula is C11H18O5. The van der Waals surface area contributed by atoms with E-state index < -0.39 is 24.3 Å². The molecule has 5 nitrogen and oxygen atoms in total. The maximum Gasteiger partial charge on any atom is 0.190 e. The zero-order valence-electron chi connectivity index (χ0n) is 9.75. The highest BCUT2D eigenvalue weighted by Crippen LogP contribution is 2.39. The van der Waals surface area contributed by atoms with Crippen LogP contribution in [-0.2, 0) is 18.9 Å². The highest BCUT2D eigenvalue weighted by atomic mass is 16.8. The molecular weight excluding hydrogens is 212 g/mol. The third-order valence-corrected chi connectivity index (χ3v) is 2.88. The van der Waals surface area contributed by atoms with E-state index in [2.05, 4.69) is 6.58 Å². The largest absolute Gasteiger partial charge is 0.386 e. The van der Waals surface area contributed by atoms with Gasteiger partial charge in [-0.2, -0.15) is 0 Å². The quantitative estimate of drug-likeness (QED) is 0.712. The number of aliphatic hydroxyl groups is 1. The third-order valence-electron chi connectivity index (χ3n) is 2.88. The van der Waals surface area contributed by atoms with Crippen molar-refractivity contribution in [3.63, 3.8) is 0 Å². The van der Waals surface area contributed by atoms with Gasteiger partial charge in [-0.25, -0.2) is 0 Å².